The molecule has 2 atom stereocenters. The maximum Gasteiger partial charge on any atom is 0.266 e. The average molecular weight is 370 g/mol. The fourth-order valence-electron chi connectivity index (χ4n) is 4.13. The molecule has 4 rings (SSSR count). The summed E-state index contributed by atoms with van der Waals surface area (Å²) in [6, 6.07) is 7.33. The molecule has 1 unspecified atom stereocenters. The minimum absolute atomic E-state index is 0.00666. The lowest BCUT2D eigenvalue weighted by Crippen LogP contribution is -2.49. The third-order valence-electron chi connectivity index (χ3n) is 5.51. The molecule has 2 aliphatic heterocycles. The third-order valence-corrected chi connectivity index (χ3v) is 5.51. The highest BCUT2D eigenvalue weighted by Gasteiger charge is 2.40. The Balaban J connectivity index is 1.75. The van der Waals surface area contributed by atoms with Crippen LogP contribution in [0.1, 0.15) is 25.3 Å². The lowest BCUT2D eigenvalue weighted by molar-refractivity contribution is -0.134. The number of carbonyl (C=O) groups excluding carboxylic acids is 1. The third kappa shape index (κ3) is 3.11. The molecule has 7 heteroatoms. The molecule has 1 aromatic heterocycles. The number of halogens is 1. The molecule has 6 nitrogen and oxygen atoms in total. The van der Waals surface area contributed by atoms with Crippen LogP contribution in [0.5, 0.6) is 0 Å². The van der Waals surface area contributed by atoms with Gasteiger partial charge < -0.3 is 9.80 Å². The highest BCUT2D eigenvalue weighted by Crippen LogP contribution is 2.39. The minimum Gasteiger partial charge on any atom is -0.341 e. The zero-order valence-electron chi connectivity index (χ0n) is 15.6. The SMILES string of the molecule is C[C@H]1CCCN(C(=O)C2Cc3c(F)cccc3N2c2ccc(=O)n(C)n2)C1. The highest BCUT2D eigenvalue weighted by molar-refractivity contribution is 5.91. The van der Waals surface area contributed by atoms with Crippen LogP contribution in [0.2, 0.25) is 0 Å². The summed E-state index contributed by atoms with van der Waals surface area (Å²) in [6.45, 7) is 3.60. The van der Waals surface area contributed by atoms with E-state index in [2.05, 4.69) is 12.0 Å². The van der Waals surface area contributed by atoms with Crippen molar-refractivity contribution in [3.05, 3.63) is 52.1 Å². The van der Waals surface area contributed by atoms with Gasteiger partial charge in [-0.2, -0.15) is 5.10 Å². The molecule has 0 radical (unpaired) electrons. The van der Waals surface area contributed by atoms with Gasteiger partial charge in [0.1, 0.15) is 11.9 Å². The smallest absolute Gasteiger partial charge is 0.266 e. The maximum absolute atomic E-state index is 14.4. The first-order chi connectivity index (χ1) is 13.0. The fraction of sp³-hybridized carbons (Fsp3) is 0.450. The summed E-state index contributed by atoms with van der Waals surface area (Å²) in [5.41, 5.74) is 0.936. The summed E-state index contributed by atoms with van der Waals surface area (Å²) in [7, 11) is 1.57. The number of anilines is 2. The molecule has 2 aliphatic rings. The Morgan fingerprint density at radius 3 is 2.81 bits per heavy atom. The van der Waals surface area contributed by atoms with Gasteiger partial charge in [0.2, 0.25) is 5.91 Å². The summed E-state index contributed by atoms with van der Waals surface area (Å²) in [6.07, 6.45) is 2.41. The van der Waals surface area contributed by atoms with E-state index in [1.54, 1.807) is 30.1 Å². The second-order valence-corrected chi connectivity index (χ2v) is 7.51. The van der Waals surface area contributed by atoms with Crippen molar-refractivity contribution >= 4 is 17.4 Å². The lowest BCUT2D eigenvalue weighted by atomic mass is 9.99. The Labute approximate surface area is 157 Å². The van der Waals surface area contributed by atoms with Gasteiger partial charge in [0, 0.05) is 43.9 Å². The predicted molar refractivity (Wildman–Crippen MR) is 100 cm³/mol. The van der Waals surface area contributed by atoms with E-state index in [4.69, 9.17) is 0 Å². The summed E-state index contributed by atoms with van der Waals surface area (Å²) in [5.74, 6) is 0.620. The molecule has 142 valence electrons. The van der Waals surface area contributed by atoms with Gasteiger partial charge in [-0.05, 0) is 37.0 Å². The highest BCUT2D eigenvalue weighted by atomic mass is 19.1. The van der Waals surface area contributed by atoms with Crippen LogP contribution in [0.3, 0.4) is 0 Å². The van der Waals surface area contributed by atoms with Gasteiger partial charge in [-0.15, -0.1) is 0 Å². The van der Waals surface area contributed by atoms with Crippen LogP contribution in [0, 0.1) is 11.7 Å². The van der Waals surface area contributed by atoms with Crippen LogP contribution < -0.4 is 10.5 Å². The molecule has 3 heterocycles. The largest absolute Gasteiger partial charge is 0.341 e. The van der Waals surface area contributed by atoms with E-state index < -0.39 is 6.04 Å². The quantitative estimate of drug-likeness (QED) is 0.814. The van der Waals surface area contributed by atoms with Crippen molar-refractivity contribution in [2.45, 2.75) is 32.2 Å². The van der Waals surface area contributed by atoms with Crippen molar-refractivity contribution < 1.29 is 9.18 Å². The first kappa shape index (κ1) is 17.7. The predicted octanol–water partition coefficient (Wildman–Crippen LogP) is 2.24. The van der Waals surface area contributed by atoms with Crippen molar-refractivity contribution in [1.29, 1.82) is 0 Å². The second-order valence-electron chi connectivity index (χ2n) is 7.51. The van der Waals surface area contributed by atoms with Gasteiger partial charge in [-0.1, -0.05) is 13.0 Å². The van der Waals surface area contributed by atoms with Gasteiger partial charge >= 0.3 is 0 Å². The molecule has 27 heavy (non-hydrogen) atoms. The molecular formula is C20H23FN4O2. The number of fused-ring (bicyclic) bond motifs is 1. The lowest BCUT2D eigenvalue weighted by Gasteiger charge is -2.35. The van der Waals surface area contributed by atoms with E-state index in [1.165, 1.54) is 16.8 Å². The van der Waals surface area contributed by atoms with Crippen LogP contribution in [0.4, 0.5) is 15.9 Å². The van der Waals surface area contributed by atoms with Crippen molar-refractivity contribution in [3.63, 3.8) is 0 Å². The molecular weight excluding hydrogens is 347 g/mol. The Morgan fingerprint density at radius 1 is 1.26 bits per heavy atom. The summed E-state index contributed by atoms with van der Waals surface area (Å²) in [5, 5.41) is 4.31. The molecule has 0 aliphatic carbocycles. The monoisotopic (exact) mass is 370 g/mol. The standard InChI is InChI=1S/C20H23FN4O2/c1-13-5-4-10-24(12-13)20(27)17-11-14-15(21)6-3-7-16(14)25(17)18-8-9-19(26)23(2)22-18/h3,6-9,13,17H,4-5,10-12H2,1-2H3/t13-,17?/m0/s1. The number of piperidine rings is 1. The summed E-state index contributed by atoms with van der Waals surface area (Å²) >= 11 is 0. The zero-order valence-corrected chi connectivity index (χ0v) is 15.6. The number of carbonyl (C=O) groups is 1. The Hall–Kier alpha value is -2.70. The molecule has 2 aromatic rings. The number of hydrogen-bond acceptors (Lipinski definition) is 4. The number of aromatic nitrogens is 2. The molecule has 0 saturated carbocycles. The first-order valence-electron chi connectivity index (χ1n) is 9.35. The Bertz CT molecular complexity index is 942. The van der Waals surface area contributed by atoms with Crippen LogP contribution in [-0.4, -0.2) is 39.7 Å². The van der Waals surface area contributed by atoms with E-state index in [0.717, 1.165) is 25.9 Å². The zero-order chi connectivity index (χ0) is 19.1. The number of amides is 1. The number of likely N-dealkylation sites (tertiary alicyclic amines) is 1. The van der Waals surface area contributed by atoms with Crippen molar-refractivity contribution in [1.82, 2.24) is 14.7 Å². The average Bonchev–Trinajstić information content (AvgIpc) is 3.04. The van der Waals surface area contributed by atoms with Crippen molar-refractivity contribution in [2.75, 3.05) is 18.0 Å². The van der Waals surface area contributed by atoms with Gasteiger partial charge in [0.15, 0.2) is 5.82 Å². The first-order valence-corrected chi connectivity index (χ1v) is 9.35. The van der Waals surface area contributed by atoms with Crippen molar-refractivity contribution in [2.24, 2.45) is 13.0 Å². The molecule has 1 saturated heterocycles. The number of hydrogen-bond donors (Lipinski definition) is 0. The number of nitrogens with zero attached hydrogens (tertiary/aromatic N) is 4. The van der Waals surface area contributed by atoms with Crippen molar-refractivity contribution in [3.8, 4) is 0 Å². The van der Waals surface area contributed by atoms with Crippen LogP contribution in [-0.2, 0) is 18.3 Å². The van der Waals surface area contributed by atoms with E-state index in [1.807, 2.05) is 4.90 Å². The molecule has 1 amide bonds. The van der Waals surface area contributed by atoms with Gasteiger partial charge in [0.05, 0.1) is 0 Å². The molecule has 0 bridgehead atoms. The summed E-state index contributed by atoms with van der Waals surface area (Å²) < 4.78 is 15.7. The number of benzene rings is 1. The molecule has 1 aromatic carbocycles. The van der Waals surface area contributed by atoms with Crippen LogP contribution >= 0.6 is 0 Å². The Morgan fingerprint density at radius 2 is 2.07 bits per heavy atom. The van der Waals surface area contributed by atoms with Gasteiger partial charge in [0.25, 0.3) is 5.56 Å². The topological polar surface area (TPSA) is 58.4 Å². The van der Waals surface area contributed by atoms with Gasteiger partial charge in [-0.3, -0.25) is 9.59 Å². The molecule has 0 N–H and O–H groups in total. The van der Waals surface area contributed by atoms with E-state index in [0.29, 0.717) is 29.4 Å². The second kappa shape index (κ2) is 6.79. The number of rotatable bonds is 2. The molecule has 1 fully saturated rings. The van der Waals surface area contributed by atoms with E-state index in [-0.39, 0.29) is 17.3 Å². The van der Waals surface area contributed by atoms with Gasteiger partial charge in [-0.25, -0.2) is 9.07 Å². The Kier molecular flexibility index (Phi) is 4.45. The van der Waals surface area contributed by atoms with Crippen LogP contribution in [0.15, 0.2) is 35.1 Å². The minimum atomic E-state index is -0.549. The van der Waals surface area contributed by atoms with E-state index >= 15 is 0 Å². The fourth-order valence-corrected chi connectivity index (χ4v) is 4.13. The maximum atomic E-state index is 14.4. The molecule has 0 spiro atoms. The number of aryl methyl sites for hydroxylation is 1. The normalized spacial score (nSPS) is 22.0. The van der Waals surface area contributed by atoms with E-state index in [9.17, 15) is 14.0 Å². The summed E-state index contributed by atoms with van der Waals surface area (Å²) in [4.78, 5) is 28.7. The van der Waals surface area contributed by atoms with Crippen LogP contribution in [0.25, 0.3) is 0 Å².